The van der Waals surface area contributed by atoms with Crippen LogP contribution in [-0.4, -0.2) is 31.6 Å². The standard InChI is InChI=1S/C25H23FN4O3S/c1-25(2)11-18-20(19(31)12-25)21(14-7-9-15(10-8-14)22(32)33)30-23(27-18)28-24(29-30)34-13-16-5-3-4-6-17(16)26/h3-10,21H,11-13H2,1-2H3,(H,32,33)(H,27,28,29). The molecule has 1 aliphatic heterocycles. The Balaban J connectivity index is 1.54. The van der Waals surface area contributed by atoms with Gasteiger partial charge in [0.2, 0.25) is 11.1 Å². The molecule has 0 fully saturated rings. The molecule has 3 aromatic rings. The van der Waals surface area contributed by atoms with E-state index in [1.807, 2.05) is 0 Å². The van der Waals surface area contributed by atoms with Crippen molar-refractivity contribution in [2.45, 2.75) is 43.6 Å². The maximum absolute atomic E-state index is 14.1. The van der Waals surface area contributed by atoms with Crippen molar-refractivity contribution in [3.8, 4) is 0 Å². The molecule has 1 aliphatic carbocycles. The predicted octanol–water partition coefficient (Wildman–Crippen LogP) is 5.07. The molecule has 9 heteroatoms. The molecular formula is C25H23FN4O3S. The molecule has 1 aromatic heterocycles. The van der Waals surface area contributed by atoms with E-state index in [0.717, 1.165) is 11.3 Å². The van der Waals surface area contributed by atoms with Crippen molar-refractivity contribution in [1.29, 1.82) is 0 Å². The minimum Gasteiger partial charge on any atom is -0.478 e. The molecule has 2 heterocycles. The fourth-order valence-electron chi connectivity index (χ4n) is 4.52. The summed E-state index contributed by atoms with van der Waals surface area (Å²) >= 11 is 1.31. The van der Waals surface area contributed by atoms with Crippen LogP contribution in [0.3, 0.4) is 0 Å². The van der Waals surface area contributed by atoms with E-state index in [-0.39, 0.29) is 22.6 Å². The number of thioether (sulfide) groups is 1. The number of aromatic carboxylic acids is 1. The number of carboxylic acids is 1. The lowest BCUT2D eigenvalue weighted by molar-refractivity contribution is -0.118. The highest BCUT2D eigenvalue weighted by molar-refractivity contribution is 7.98. The lowest BCUT2D eigenvalue weighted by Gasteiger charge is -2.38. The number of anilines is 1. The van der Waals surface area contributed by atoms with Gasteiger partial charge in [-0.05, 0) is 41.2 Å². The molecule has 174 valence electrons. The number of halogens is 1. The van der Waals surface area contributed by atoms with Gasteiger partial charge >= 0.3 is 5.97 Å². The number of carbonyl (C=O) groups excluding carboxylic acids is 1. The minimum absolute atomic E-state index is 0.0350. The topological polar surface area (TPSA) is 97.1 Å². The van der Waals surface area contributed by atoms with Crippen molar-refractivity contribution in [2.75, 3.05) is 5.32 Å². The third-order valence-electron chi connectivity index (χ3n) is 6.10. The number of aromatic nitrogens is 3. The fraction of sp³-hybridized carbons (Fsp3) is 0.280. The first-order chi connectivity index (χ1) is 16.2. The highest BCUT2D eigenvalue weighted by Crippen LogP contribution is 2.45. The molecule has 34 heavy (non-hydrogen) atoms. The van der Waals surface area contributed by atoms with Crippen LogP contribution in [0.25, 0.3) is 0 Å². The molecule has 2 aromatic carbocycles. The van der Waals surface area contributed by atoms with Crippen LogP contribution in [0.15, 0.2) is 65.0 Å². The average Bonchev–Trinajstić information content (AvgIpc) is 3.19. The first-order valence-corrected chi connectivity index (χ1v) is 11.9. The highest BCUT2D eigenvalue weighted by Gasteiger charge is 2.41. The molecule has 0 bridgehead atoms. The normalized spacial score (nSPS) is 18.8. The van der Waals surface area contributed by atoms with E-state index in [1.165, 1.54) is 30.0 Å². The van der Waals surface area contributed by atoms with Gasteiger partial charge in [-0.3, -0.25) is 4.79 Å². The number of ketones is 1. The van der Waals surface area contributed by atoms with Gasteiger partial charge in [0, 0.05) is 23.4 Å². The first-order valence-electron chi connectivity index (χ1n) is 10.9. The van der Waals surface area contributed by atoms with Crippen LogP contribution < -0.4 is 5.32 Å². The van der Waals surface area contributed by atoms with E-state index >= 15 is 0 Å². The lowest BCUT2D eigenvalue weighted by atomic mass is 9.73. The predicted molar refractivity (Wildman–Crippen MR) is 126 cm³/mol. The van der Waals surface area contributed by atoms with Crippen LogP contribution >= 0.6 is 11.8 Å². The van der Waals surface area contributed by atoms with E-state index in [1.54, 1.807) is 35.0 Å². The number of carboxylic acid groups (broad SMARTS) is 1. The smallest absolute Gasteiger partial charge is 0.335 e. The molecule has 1 atom stereocenters. The third-order valence-corrected chi connectivity index (χ3v) is 6.99. The number of allylic oxidation sites excluding steroid dienone is 2. The molecular weight excluding hydrogens is 455 g/mol. The maximum atomic E-state index is 14.1. The zero-order valence-electron chi connectivity index (χ0n) is 18.7. The van der Waals surface area contributed by atoms with Crippen molar-refractivity contribution in [3.63, 3.8) is 0 Å². The van der Waals surface area contributed by atoms with Crippen molar-refractivity contribution in [1.82, 2.24) is 14.8 Å². The Bertz CT molecular complexity index is 1330. The van der Waals surface area contributed by atoms with Gasteiger partial charge in [0.1, 0.15) is 11.9 Å². The van der Waals surface area contributed by atoms with E-state index in [0.29, 0.717) is 40.8 Å². The number of nitrogens with zero attached hydrogens (tertiary/aromatic N) is 3. The fourth-order valence-corrected chi connectivity index (χ4v) is 5.34. The Kier molecular flexibility index (Phi) is 5.51. The van der Waals surface area contributed by atoms with Gasteiger partial charge in [0.25, 0.3) is 0 Å². The summed E-state index contributed by atoms with van der Waals surface area (Å²) in [6, 6.07) is 12.6. The first kappa shape index (κ1) is 22.3. The van der Waals surface area contributed by atoms with Gasteiger partial charge in [-0.2, -0.15) is 4.98 Å². The van der Waals surface area contributed by atoms with Crippen molar-refractivity contribution >= 4 is 29.5 Å². The number of carbonyl (C=O) groups is 2. The summed E-state index contributed by atoms with van der Waals surface area (Å²) < 4.78 is 15.7. The van der Waals surface area contributed by atoms with E-state index < -0.39 is 12.0 Å². The largest absolute Gasteiger partial charge is 0.478 e. The average molecular weight is 479 g/mol. The van der Waals surface area contributed by atoms with Gasteiger partial charge in [-0.15, -0.1) is 5.10 Å². The molecule has 0 spiro atoms. The molecule has 1 unspecified atom stereocenters. The summed E-state index contributed by atoms with van der Waals surface area (Å²) in [6.07, 6.45) is 1.10. The van der Waals surface area contributed by atoms with E-state index in [2.05, 4.69) is 29.2 Å². The number of hydrogen-bond acceptors (Lipinski definition) is 6. The molecule has 7 nitrogen and oxygen atoms in total. The van der Waals surface area contributed by atoms with Gasteiger partial charge in [0.05, 0.1) is 5.56 Å². The third kappa shape index (κ3) is 4.11. The van der Waals surface area contributed by atoms with Crippen LogP contribution in [0.1, 0.15) is 54.2 Å². The van der Waals surface area contributed by atoms with Crippen LogP contribution in [0, 0.1) is 11.2 Å². The number of benzene rings is 2. The number of nitrogens with one attached hydrogen (secondary N) is 1. The van der Waals surface area contributed by atoms with Gasteiger partial charge in [0.15, 0.2) is 5.78 Å². The van der Waals surface area contributed by atoms with Crippen molar-refractivity contribution < 1.29 is 19.1 Å². The quantitative estimate of drug-likeness (QED) is 0.495. The maximum Gasteiger partial charge on any atom is 0.335 e. The van der Waals surface area contributed by atoms with Crippen molar-refractivity contribution in [3.05, 3.63) is 82.3 Å². The zero-order valence-corrected chi connectivity index (χ0v) is 19.5. The summed E-state index contributed by atoms with van der Waals surface area (Å²) in [4.78, 5) is 29.2. The van der Waals surface area contributed by atoms with Gasteiger partial charge in [-0.25, -0.2) is 13.9 Å². The van der Waals surface area contributed by atoms with Crippen molar-refractivity contribution in [2.24, 2.45) is 5.41 Å². The Morgan fingerprint density at radius 1 is 1.21 bits per heavy atom. The summed E-state index contributed by atoms with van der Waals surface area (Å²) in [6.45, 7) is 4.12. The second kappa shape index (κ2) is 8.39. The van der Waals surface area contributed by atoms with E-state index in [9.17, 15) is 19.1 Å². The number of fused-ring (bicyclic) bond motifs is 1. The second-order valence-electron chi connectivity index (χ2n) is 9.33. The van der Waals surface area contributed by atoms with Crippen LogP contribution in [-0.2, 0) is 10.5 Å². The Labute approximate surface area is 200 Å². The number of rotatable bonds is 5. The number of Topliss-reactive ketones (excluding diaryl/α,β-unsaturated/α-hetero) is 1. The molecule has 0 saturated carbocycles. The second-order valence-corrected chi connectivity index (χ2v) is 10.3. The van der Waals surface area contributed by atoms with E-state index in [4.69, 9.17) is 0 Å². The summed E-state index contributed by atoms with van der Waals surface area (Å²) in [7, 11) is 0. The molecule has 5 rings (SSSR count). The molecule has 0 radical (unpaired) electrons. The summed E-state index contributed by atoms with van der Waals surface area (Å²) in [5, 5.41) is 17.7. The summed E-state index contributed by atoms with van der Waals surface area (Å²) in [5.41, 5.74) is 2.74. The zero-order chi connectivity index (χ0) is 24.0. The highest BCUT2D eigenvalue weighted by atomic mass is 32.2. The number of hydrogen-bond donors (Lipinski definition) is 2. The molecule has 0 amide bonds. The van der Waals surface area contributed by atoms with Crippen LogP contribution in [0.5, 0.6) is 0 Å². The monoisotopic (exact) mass is 478 g/mol. The lowest BCUT2D eigenvalue weighted by Crippen LogP contribution is -2.36. The van der Waals surface area contributed by atoms with Crippen LogP contribution in [0.4, 0.5) is 10.3 Å². The SMILES string of the molecule is CC1(C)CC(=O)C2=C(C1)Nc1nc(SCc3ccccc3F)nn1C2c1ccc(C(=O)O)cc1. The Morgan fingerprint density at radius 3 is 2.65 bits per heavy atom. The van der Waals surface area contributed by atoms with Gasteiger partial charge < -0.3 is 10.4 Å². The molecule has 2 N–H and O–H groups in total. The minimum atomic E-state index is -1.01. The summed E-state index contributed by atoms with van der Waals surface area (Å²) in [5.74, 6) is -0.382. The van der Waals surface area contributed by atoms with Gasteiger partial charge in [-0.1, -0.05) is 55.9 Å². The molecule has 0 saturated heterocycles. The Morgan fingerprint density at radius 2 is 1.94 bits per heavy atom. The molecule has 2 aliphatic rings. The van der Waals surface area contributed by atoms with Crippen LogP contribution in [0.2, 0.25) is 0 Å². The Hall–Kier alpha value is -3.46.